The number of esters is 1. The number of hydrogen-bond acceptors (Lipinski definition) is 5. The van der Waals surface area contributed by atoms with Gasteiger partial charge in [0.25, 0.3) is 5.91 Å². The highest BCUT2D eigenvalue weighted by molar-refractivity contribution is 5.99. The summed E-state index contributed by atoms with van der Waals surface area (Å²) in [6.07, 6.45) is -0.985. The van der Waals surface area contributed by atoms with Crippen LogP contribution in [-0.2, 0) is 20.9 Å². The highest BCUT2D eigenvalue weighted by atomic mass is 16.6. The van der Waals surface area contributed by atoms with Crippen molar-refractivity contribution in [3.05, 3.63) is 65.4 Å². The molecule has 6 heteroatoms. The highest BCUT2D eigenvalue weighted by Crippen LogP contribution is 2.27. The lowest BCUT2D eigenvalue weighted by Crippen LogP contribution is -2.30. The molecule has 0 saturated carbocycles. The molecule has 0 radical (unpaired) electrons. The van der Waals surface area contributed by atoms with Crippen molar-refractivity contribution in [2.75, 3.05) is 11.9 Å². The fraction of sp³-hybridized carbons (Fsp3) is 0.273. The molecule has 1 atom stereocenters. The Morgan fingerprint density at radius 2 is 1.93 bits per heavy atom. The van der Waals surface area contributed by atoms with Gasteiger partial charge >= 0.3 is 5.97 Å². The summed E-state index contributed by atoms with van der Waals surface area (Å²) in [6.45, 7) is 6.05. The number of amides is 1. The Kier molecular flexibility index (Phi) is 6.11. The molecule has 146 valence electrons. The van der Waals surface area contributed by atoms with Crippen LogP contribution in [0.15, 0.2) is 52.9 Å². The molecule has 1 amide bonds. The number of carbonyl (C=O) groups is 2. The third-order valence-electron chi connectivity index (χ3n) is 4.27. The van der Waals surface area contributed by atoms with Crippen LogP contribution in [0.4, 0.5) is 5.69 Å². The Hall–Kier alpha value is -3.12. The number of fused-ring (bicyclic) bond motifs is 1. The lowest BCUT2D eigenvalue weighted by atomic mass is 10.1. The first kappa shape index (κ1) is 19.6. The minimum atomic E-state index is -0.985. The summed E-state index contributed by atoms with van der Waals surface area (Å²) in [5.74, 6) is -1.05. The summed E-state index contributed by atoms with van der Waals surface area (Å²) in [7, 11) is 0. The van der Waals surface area contributed by atoms with E-state index in [1.807, 2.05) is 50.2 Å². The number of hydrogen-bond donors (Lipinski definition) is 1. The Labute approximate surface area is 163 Å². The predicted molar refractivity (Wildman–Crippen MR) is 106 cm³/mol. The van der Waals surface area contributed by atoms with Gasteiger partial charge in [0.1, 0.15) is 5.58 Å². The molecule has 0 spiro atoms. The van der Waals surface area contributed by atoms with Crippen LogP contribution in [0.3, 0.4) is 0 Å². The molecule has 1 N–H and O–H groups in total. The maximum atomic E-state index is 12.7. The first-order valence-electron chi connectivity index (χ1n) is 9.16. The molecule has 3 rings (SSSR count). The third-order valence-corrected chi connectivity index (χ3v) is 4.27. The number of aryl methyl sites for hydroxylation is 1. The zero-order chi connectivity index (χ0) is 20.1. The van der Waals surface area contributed by atoms with Gasteiger partial charge in [0.15, 0.2) is 6.10 Å². The minimum Gasteiger partial charge on any atom is -0.449 e. The Bertz CT molecular complexity index is 992. The van der Waals surface area contributed by atoms with Crippen molar-refractivity contribution in [1.82, 2.24) is 0 Å². The normalized spacial score (nSPS) is 12.0. The summed E-state index contributed by atoms with van der Waals surface area (Å²) in [5, 5.41) is 3.53. The molecule has 0 bridgehead atoms. The zero-order valence-corrected chi connectivity index (χ0v) is 16.2. The van der Waals surface area contributed by atoms with Gasteiger partial charge in [0, 0.05) is 23.2 Å². The van der Waals surface area contributed by atoms with Crippen molar-refractivity contribution >= 4 is 28.5 Å². The lowest BCUT2D eigenvalue weighted by molar-refractivity contribution is -0.123. The maximum Gasteiger partial charge on any atom is 0.375 e. The number of nitrogens with one attached hydrogen (secondary N) is 1. The predicted octanol–water partition coefficient (Wildman–Crippen LogP) is 4.46. The molecule has 1 heterocycles. The number of benzene rings is 2. The molecular weight excluding hydrogens is 358 g/mol. The first-order chi connectivity index (χ1) is 13.5. The van der Waals surface area contributed by atoms with Crippen LogP contribution in [0.2, 0.25) is 0 Å². The minimum absolute atomic E-state index is 0.0601. The molecular formula is C22H23NO5. The van der Waals surface area contributed by atoms with Crippen LogP contribution in [-0.4, -0.2) is 24.6 Å². The van der Waals surface area contributed by atoms with Crippen molar-refractivity contribution in [3.8, 4) is 0 Å². The number of anilines is 1. The smallest absolute Gasteiger partial charge is 0.375 e. The second kappa shape index (κ2) is 8.71. The van der Waals surface area contributed by atoms with Crippen molar-refractivity contribution < 1.29 is 23.5 Å². The first-order valence-corrected chi connectivity index (χ1v) is 9.16. The van der Waals surface area contributed by atoms with E-state index in [2.05, 4.69) is 5.32 Å². The van der Waals surface area contributed by atoms with Crippen LogP contribution in [0.25, 0.3) is 11.0 Å². The summed E-state index contributed by atoms with van der Waals surface area (Å²) in [6, 6.07) is 14.7. The van der Waals surface area contributed by atoms with E-state index >= 15 is 0 Å². The van der Waals surface area contributed by atoms with Crippen molar-refractivity contribution in [2.45, 2.75) is 33.5 Å². The van der Waals surface area contributed by atoms with Gasteiger partial charge in [-0.15, -0.1) is 0 Å². The van der Waals surface area contributed by atoms with E-state index in [1.165, 1.54) is 6.92 Å². The summed E-state index contributed by atoms with van der Waals surface area (Å²) < 4.78 is 16.5. The number of rotatable bonds is 7. The molecule has 0 aliphatic carbocycles. The van der Waals surface area contributed by atoms with E-state index < -0.39 is 18.0 Å². The fourth-order valence-corrected chi connectivity index (χ4v) is 2.85. The standard InChI is InChI=1S/C22H23NO5/c1-4-26-13-18-17-10-5-6-11-19(17)28-20(18)22(25)27-15(3)21(24)23-16-9-7-8-14(2)12-16/h5-12,15H,4,13H2,1-3H3,(H,23,24)/t15-/m1/s1. The SMILES string of the molecule is CCOCc1c(C(=O)O[C@H](C)C(=O)Nc2cccc(C)c2)oc2ccccc12. The van der Waals surface area contributed by atoms with Crippen LogP contribution < -0.4 is 5.32 Å². The number of furan rings is 1. The Balaban J connectivity index is 1.75. The van der Waals surface area contributed by atoms with E-state index in [0.717, 1.165) is 10.9 Å². The van der Waals surface area contributed by atoms with E-state index in [4.69, 9.17) is 13.9 Å². The molecule has 28 heavy (non-hydrogen) atoms. The molecule has 0 unspecified atom stereocenters. The molecule has 3 aromatic rings. The molecule has 0 saturated heterocycles. The molecule has 1 aromatic heterocycles. The molecule has 0 fully saturated rings. The van der Waals surface area contributed by atoms with Gasteiger partial charge in [-0.1, -0.05) is 30.3 Å². The second-order valence-electron chi connectivity index (χ2n) is 6.45. The third kappa shape index (κ3) is 4.40. The van der Waals surface area contributed by atoms with Gasteiger partial charge in [-0.25, -0.2) is 4.79 Å². The monoisotopic (exact) mass is 381 g/mol. The molecule has 2 aromatic carbocycles. The Morgan fingerprint density at radius 1 is 1.14 bits per heavy atom. The highest BCUT2D eigenvalue weighted by Gasteiger charge is 2.26. The van der Waals surface area contributed by atoms with Gasteiger partial charge in [0.2, 0.25) is 5.76 Å². The van der Waals surface area contributed by atoms with Crippen LogP contribution >= 0.6 is 0 Å². The van der Waals surface area contributed by atoms with E-state index in [1.54, 1.807) is 12.1 Å². The molecule has 6 nitrogen and oxygen atoms in total. The average molecular weight is 381 g/mol. The quantitative estimate of drug-likeness (QED) is 0.611. The molecule has 0 aliphatic heterocycles. The summed E-state index contributed by atoms with van der Waals surface area (Å²) >= 11 is 0. The van der Waals surface area contributed by atoms with Gasteiger partial charge in [-0.3, -0.25) is 4.79 Å². The van der Waals surface area contributed by atoms with Gasteiger partial charge in [0.05, 0.1) is 6.61 Å². The van der Waals surface area contributed by atoms with Crippen LogP contribution in [0.1, 0.15) is 35.5 Å². The average Bonchev–Trinajstić information content (AvgIpc) is 3.05. The Morgan fingerprint density at radius 3 is 2.68 bits per heavy atom. The largest absolute Gasteiger partial charge is 0.449 e. The van der Waals surface area contributed by atoms with Crippen LogP contribution in [0.5, 0.6) is 0 Å². The van der Waals surface area contributed by atoms with Gasteiger partial charge in [-0.2, -0.15) is 0 Å². The number of ether oxygens (including phenoxy) is 2. The molecule has 0 aliphatic rings. The van der Waals surface area contributed by atoms with E-state index in [0.29, 0.717) is 23.4 Å². The lowest BCUT2D eigenvalue weighted by Gasteiger charge is -2.13. The topological polar surface area (TPSA) is 77.8 Å². The van der Waals surface area contributed by atoms with E-state index in [-0.39, 0.29) is 12.4 Å². The van der Waals surface area contributed by atoms with Crippen molar-refractivity contribution in [3.63, 3.8) is 0 Å². The number of carbonyl (C=O) groups excluding carboxylic acids is 2. The summed E-state index contributed by atoms with van der Waals surface area (Å²) in [4.78, 5) is 25.0. The summed E-state index contributed by atoms with van der Waals surface area (Å²) in [5.41, 5.74) is 2.86. The zero-order valence-electron chi connectivity index (χ0n) is 16.2. The van der Waals surface area contributed by atoms with Gasteiger partial charge in [-0.05, 0) is 44.5 Å². The second-order valence-corrected chi connectivity index (χ2v) is 6.45. The number of para-hydroxylation sites is 1. The fourth-order valence-electron chi connectivity index (χ4n) is 2.85. The van der Waals surface area contributed by atoms with Gasteiger partial charge < -0.3 is 19.2 Å². The van der Waals surface area contributed by atoms with Crippen molar-refractivity contribution in [1.29, 1.82) is 0 Å². The maximum absolute atomic E-state index is 12.7. The van der Waals surface area contributed by atoms with E-state index in [9.17, 15) is 9.59 Å². The van der Waals surface area contributed by atoms with Crippen molar-refractivity contribution in [2.24, 2.45) is 0 Å². The van der Waals surface area contributed by atoms with Crippen LogP contribution in [0, 0.1) is 6.92 Å².